The van der Waals surface area contributed by atoms with Crippen LogP contribution in [0, 0.1) is 5.82 Å². The zero-order valence-electron chi connectivity index (χ0n) is 10.7. The van der Waals surface area contributed by atoms with Crippen molar-refractivity contribution in [1.29, 1.82) is 0 Å². The Morgan fingerprint density at radius 2 is 2.00 bits per heavy atom. The lowest BCUT2D eigenvalue weighted by Crippen LogP contribution is -2.13. The average molecular weight is 257 g/mol. The predicted octanol–water partition coefficient (Wildman–Crippen LogP) is 3.05. The Morgan fingerprint density at radius 1 is 1.11 bits per heavy atom. The second-order valence-corrected chi connectivity index (χ2v) is 4.74. The first kappa shape index (κ1) is 12.2. The highest BCUT2D eigenvalue weighted by Crippen LogP contribution is 2.25. The summed E-state index contributed by atoms with van der Waals surface area (Å²) in [5.41, 5.74) is 3.18. The molecule has 3 heteroatoms. The molecule has 3 rings (SSSR count). The number of hydrogen-bond acceptors (Lipinski definition) is 2. The van der Waals surface area contributed by atoms with Gasteiger partial charge >= 0.3 is 0 Å². The van der Waals surface area contributed by atoms with E-state index in [1.54, 1.807) is 12.1 Å². The summed E-state index contributed by atoms with van der Waals surface area (Å²) in [5, 5.41) is 3.27. The predicted molar refractivity (Wildman–Crippen MR) is 72.6 cm³/mol. The van der Waals surface area contributed by atoms with Crippen LogP contribution in [0.4, 0.5) is 4.39 Å². The third kappa shape index (κ3) is 2.76. The highest BCUT2D eigenvalue weighted by molar-refractivity contribution is 5.39. The molecule has 0 fully saturated rings. The van der Waals surface area contributed by atoms with Crippen LogP contribution < -0.4 is 10.1 Å². The Kier molecular flexibility index (Phi) is 3.47. The summed E-state index contributed by atoms with van der Waals surface area (Å²) < 4.78 is 18.9. The minimum Gasteiger partial charge on any atom is -0.493 e. The quantitative estimate of drug-likeness (QED) is 0.909. The van der Waals surface area contributed by atoms with Crippen LogP contribution in [0.2, 0.25) is 0 Å². The molecule has 1 heterocycles. The van der Waals surface area contributed by atoms with Crippen LogP contribution in [-0.4, -0.2) is 6.61 Å². The summed E-state index contributed by atoms with van der Waals surface area (Å²) in [7, 11) is 0. The zero-order valence-corrected chi connectivity index (χ0v) is 10.7. The number of benzene rings is 2. The maximum atomic E-state index is 13.4. The average Bonchev–Trinajstić information content (AvgIpc) is 2.88. The van der Waals surface area contributed by atoms with Crippen molar-refractivity contribution in [3.8, 4) is 5.75 Å². The fraction of sp³-hybridized carbons (Fsp3) is 0.250. The Bertz CT molecular complexity index is 583. The SMILES string of the molecule is Fc1ccccc1CNCc1ccc2c(c1)CCO2. The van der Waals surface area contributed by atoms with Crippen LogP contribution in [-0.2, 0) is 19.5 Å². The first-order valence-corrected chi connectivity index (χ1v) is 6.51. The number of ether oxygens (including phenoxy) is 1. The molecule has 2 aromatic rings. The van der Waals surface area contributed by atoms with E-state index in [-0.39, 0.29) is 5.82 Å². The molecule has 0 aliphatic carbocycles. The van der Waals surface area contributed by atoms with Crippen LogP contribution in [0.5, 0.6) is 5.75 Å². The Balaban J connectivity index is 1.59. The Morgan fingerprint density at radius 3 is 2.89 bits per heavy atom. The van der Waals surface area contributed by atoms with Crippen molar-refractivity contribution >= 4 is 0 Å². The monoisotopic (exact) mass is 257 g/mol. The number of fused-ring (bicyclic) bond motifs is 1. The fourth-order valence-electron chi connectivity index (χ4n) is 2.33. The molecule has 1 N–H and O–H groups in total. The van der Waals surface area contributed by atoms with Crippen LogP contribution in [0.25, 0.3) is 0 Å². The highest BCUT2D eigenvalue weighted by atomic mass is 19.1. The third-order valence-electron chi connectivity index (χ3n) is 3.36. The lowest BCUT2D eigenvalue weighted by molar-refractivity contribution is 0.357. The van der Waals surface area contributed by atoms with Gasteiger partial charge in [-0.05, 0) is 23.3 Å². The Labute approximate surface area is 112 Å². The molecule has 1 aliphatic rings. The molecule has 1 aliphatic heterocycles. The van der Waals surface area contributed by atoms with E-state index in [2.05, 4.69) is 17.4 Å². The van der Waals surface area contributed by atoms with Gasteiger partial charge in [-0.25, -0.2) is 4.39 Å². The molecule has 0 saturated carbocycles. The highest BCUT2D eigenvalue weighted by Gasteiger charge is 2.11. The van der Waals surface area contributed by atoms with E-state index in [4.69, 9.17) is 4.74 Å². The van der Waals surface area contributed by atoms with Crippen molar-refractivity contribution in [2.75, 3.05) is 6.61 Å². The van der Waals surface area contributed by atoms with Gasteiger partial charge < -0.3 is 10.1 Å². The second-order valence-electron chi connectivity index (χ2n) is 4.74. The normalized spacial score (nSPS) is 13.1. The third-order valence-corrected chi connectivity index (χ3v) is 3.36. The van der Waals surface area contributed by atoms with Crippen molar-refractivity contribution in [2.24, 2.45) is 0 Å². The van der Waals surface area contributed by atoms with E-state index in [9.17, 15) is 4.39 Å². The van der Waals surface area contributed by atoms with Crippen molar-refractivity contribution in [3.05, 3.63) is 65.0 Å². The van der Waals surface area contributed by atoms with Crippen LogP contribution in [0.1, 0.15) is 16.7 Å². The smallest absolute Gasteiger partial charge is 0.127 e. The van der Waals surface area contributed by atoms with Gasteiger partial charge in [-0.2, -0.15) is 0 Å². The molecule has 0 atom stereocenters. The van der Waals surface area contributed by atoms with Crippen molar-refractivity contribution in [3.63, 3.8) is 0 Å². The van der Waals surface area contributed by atoms with Gasteiger partial charge in [0, 0.05) is 25.1 Å². The summed E-state index contributed by atoms with van der Waals surface area (Å²) in [5.74, 6) is 0.843. The topological polar surface area (TPSA) is 21.3 Å². The molecule has 2 nitrogen and oxygen atoms in total. The number of hydrogen-bond donors (Lipinski definition) is 1. The summed E-state index contributed by atoms with van der Waals surface area (Å²) >= 11 is 0. The van der Waals surface area contributed by atoms with E-state index >= 15 is 0 Å². The van der Waals surface area contributed by atoms with E-state index in [1.807, 2.05) is 12.1 Å². The minimum atomic E-state index is -0.155. The number of rotatable bonds is 4. The zero-order chi connectivity index (χ0) is 13.1. The van der Waals surface area contributed by atoms with Gasteiger partial charge in [-0.15, -0.1) is 0 Å². The molecule has 19 heavy (non-hydrogen) atoms. The molecule has 0 saturated heterocycles. The number of halogens is 1. The van der Waals surface area contributed by atoms with E-state index < -0.39 is 0 Å². The molecule has 0 radical (unpaired) electrons. The summed E-state index contributed by atoms with van der Waals surface area (Å²) in [6.45, 7) is 2.06. The van der Waals surface area contributed by atoms with Gasteiger partial charge in [0.15, 0.2) is 0 Å². The van der Waals surface area contributed by atoms with Crippen LogP contribution >= 0.6 is 0 Å². The molecule has 0 bridgehead atoms. The van der Waals surface area contributed by atoms with Gasteiger partial charge in [-0.1, -0.05) is 30.3 Å². The summed E-state index contributed by atoms with van der Waals surface area (Å²) in [6.07, 6.45) is 0.983. The van der Waals surface area contributed by atoms with Gasteiger partial charge in [0.05, 0.1) is 6.61 Å². The first-order valence-electron chi connectivity index (χ1n) is 6.51. The molecular weight excluding hydrogens is 241 g/mol. The molecule has 2 aromatic carbocycles. The maximum absolute atomic E-state index is 13.4. The van der Waals surface area contributed by atoms with E-state index in [1.165, 1.54) is 17.2 Å². The second kappa shape index (κ2) is 5.41. The van der Waals surface area contributed by atoms with Gasteiger partial charge in [0.1, 0.15) is 11.6 Å². The van der Waals surface area contributed by atoms with Gasteiger partial charge in [-0.3, -0.25) is 0 Å². The lowest BCUT2D eigenvalue weighted by Gasteiger charge is -2.07. The minimum absolute atomic E-state index is 0.155. The standard InChI is InChI=1S/C16H16FNO/c17-15-4-2-1-3-14(15)11-18-10-12-5-6-16-13(9-12)7-8-19-16/h1-6,9,18H,7-8,10-11H2. The van der Waals surface area contributed by atoms with E-state index in [0.717, 1.165) is 25.3 Å². The van der Waals surface area contributed by atoms with Crippen molar-refractivity contribution in [1.82, 2.24) is 5.32 Å². The first-order chi connectivity index (χ1) is 9.33. The van der Waals surface area contributed by atoms with Crippen molar-refractivity contribution in [2.45, 2.75) is 19.5 Å². The maximum Gasteiger partial charge on any atom is 0.127 e. The summed E-state index contributed by atoms with van der Waals surface area (Å²) in [6, 6.07) is 13.1. The number of nitrogens with one attached hydrogen (secondary N) is 1. The molecule has 0 unspecified atom stereocenters. The summed E-state index contributed by atoms with van der Waals surface area (Å²) in [4.78, 5) is 0. The van der Waals surface area contributed by atoms with Crippen LogP contribution in [0.15, 0.2) is 42.5 Å². The molecule has 0 spiro atoms. The Hall–Kier alpha value is -1.87. The largest absolute Gasteiger partial charge is 0.493 e. The molecular formula is C16H16FNO. The van der Waals surface area contributed by atoms with Gasteiger partial charge in [0.25, 0.3) is 0 Å². The van der Waals surface area contributed by atoms with Crippen LogP contribution in [0.3, 0.4) is 0 Å². The molecule has 0 amide bonds. The molecule has 98 valence electrons. The van der Waals surface area contributed by atoms with Gasteiger partial charge in [0.2, 0.25) is 0 Å². The molecule has 0 aromatic heterocycles. The fourth-order valence-corrected chi connectivity index (χ4v) is 2.33. The van der Waals surface area contributed by atoms with E-state index in [0.29, 0.717) is 12.1 Å². The van der Waals surface area contributed by atoms with Crippen molar-refractivity contribution < 1.29 is 9.13 Å². The lowest BCUT2D eigenvalue weighted by atomic mass is 10.1.